The lowest BCUT2D eigenvalue weighted by atomic mass is 9.89. The molecule has 2 bridgehead atoms. The molecule has 5 aliphatic heterocycles. The zero-order chi connectivity index (χ0) is 39.6. The molecule has 17 heteroatoms. The van der Waals surface area contributed by atoms with Crippen LogP contribution in [0.15, 0.2) is 54.7 Å². The molecule has 4 aromatic rings. The number of amides is 5. The fourth-order valence-electron chi connectivity index (χ4n) is 8.17. The van der Waals surface area contributed by atoms with Gasteiger partial charge in [-0.15, -0.1) is 0 Å². The minimum atomic E-state index is -0.383. The molecular weight excluding hydrogens is 766 g/mol. The number of para-hydroxylation sites is 1. The fraction of sp³-hybridized carbons (Fsp3) is 0.425. The number of hydrogen-bond acceptors (Lipinski definition) is 12. The normalized spacial score (nSPS) is 19.8. The van der Waals surface area contributed by atoms with Gasteiger partial charge in [-0.25, -0.2) is 19.7 Å². The number of hydrogen-bond donors (Lipinski definition) is 3. The summed E-state index contributed by atoms with van der Waals surface area (Å²) < 4.78 is 0. The summed E-state index contributed by atoms with van der Waals surface area (Å²) in [7, 11) is 0. The highest BCUT2D eigenvalue weighted by atomic mass is 35.5. The van der Waals surface area contributed by atoms with E-state index in [0.29, 0.717) is 51.7 Å². The van der Waals surface area contributed by atoms with Crippen LogP contribution < -0.4 is 30.7 Å². The van der Waals surface area contributed by atoms with E-state index in [2.05, 4.69) is 45.5 Å². The molecule has 0 aliphatic carbocycles. The van der Waals surface area contributed by atoms with Gasteiger partial charge in [-0.3, -0.25) is 29.5 Å². The maximum absolute atomic E-state index is 13.5. The van der Waals surface area contributed by atoms with Crippen molar-refractivity contribution in [2.75, 3.05) is 77.7 Å². The van der Waals surface area contributed by atoms with Gasteiger partial charge in [0.15, 0.2) is 5.13 Å². The summed E-state index contributed by atoms with van der Waals surface area (Å²) >= 11 is 7.53. The molecule has 5 fully saturated rings. The Morgan fingerprint density at radius 3 is 2.46 bits per heavy atom. The van der Waals surface area contributed by atoms with E-state index in [0.717, 1.165) is 87.8 Å². The van der Waals surface area contributed by atoms with E-state index in [-0.39, 0.29) is 35.8 Å². The second-order valence-corrected chi connectivity index (χ2v) is 16.4. The molecule has 2 atom stereocenters. The third-order valence-electron chi connectivity index (χ3n) is 11.2. The smallest absolute Gasteiger partial charge is 0.328 e. The molecule has 5 aliphatic rings. The number of piperidine rings is 2. The van der Waals surface area contributed by atoms with Gasteiger partial charge in [0.25, 0.3) is 5.91 Å². The number of nitrogens with zero attached hydrogens (tertiary/aromatic N) is 8. The van der Waals surface area contributed by atoms with Crippen molar-refractivity contribution < 1.29 is 19.2 Å². The Morgan fingerprint density at radius 1 is 0.947 bits per heavy atom. The monoisotopic (exact) mass is 811 g/mol. The van der Waals surface area contributed by atoms with Crippen molar-refractivity contribution in [3.05, 3.63) is 76.0 Å². The van der Waals surface area contributed by atoms with Crippen molar-refractivity contribution >= 4 is 80.5 Å². The summed E-state index contributed by atoms with van der Waals surface area (Å²) in [4.78, 5) is 75.1. The molecule has 2 aromatic heterocycles. The standard InChI is InChI=1S/C40H46ClN11O4S/c1-25-5-3-6-31(41)37(25)47-38(55)32-22-42-39(57-32)45-33-21-34(44-26(2)43-33)49-19-17-48(18-20-49)15-4-7-36(54)52-24-29-12-13-30(52)23-51(29)28-10-8-27(9-11-28)50-16-14-35(53)46-40(50)56/h3,5-6,8-11,21-22,29-30H,4,7,12-20,23-24H2,1-2H3,(H,47,55)(H,46,53,56)(H,42,43,44,45). The fourth-order valence-corrected chi connectivity index (χ4v) is 9.16. The second kappa shape index (κ2) is 16.6. The number of thiazole rings is 1. The molecule has 57 heavy (non-hydrogen) atoms. The van der Waals surface area contributed by atoms with Gasteiger partial charge in [0.2, 0.25) is 11.8 Å². The molecule has 0 saturated carbocycles. The van der Waals surface area contributed by atoms with E-state index in [4.69, 9.17) is 16.6 Å². The lowest BCUT2D eigenvalue weighted by molar-refractivity contribution is -0.136. The Kier molecular flexibility index (Phi) is 11.3. The number of aryl methyl sites for hydroxylation is 2. The minimum Gasteiger partial charge on any atom is -0.365 e. The van der Waals surface area contributed by atoms with Crippen molar-refractivity contribution in [1.82, 2.24) is 30.1 Å². The molecule has 0 spiro atoms. The van der Waals surface area contributed by atoms with Crippen LogP contribution in [-0.2, 0) is 9.59 Å². The van der Waals surface area contributed by atoms with Crippen LogP contribution in [0, 0.1) is 13.8 Å². The van der Waals surface area contributed by atoms with E-state index >= 15 is 0 Å². The van der Waals surface area contributed by atoms with Gasteiger partial charge in [0.05, 0.1) is 16.9 Å². The van der Waals surface area contributed by atoms with Crippen LogP contribution in [0.2, 0.25) is 5.02 Å². The predicted octanol–water partition coefficient (Wildman–Crippen LogP) is 5.43. The topological polar surface area (TPSA) is 159 Å². The van der Waals surface area contributed by atoms with Crippen LogP contribution in [0.3, 0.4) is 0 Å². The van der Waals surface area contributed by atoms with Gasteiger partial charge in [0.1, 0.15) is 22.3 Å². The number of halogens is 1. The summed E-state index contributed by atoms with van der Waals surface area (Å²) in [5.74, 6) is 1.79. The Labute approximate surface area is 340 Å². The van der Waals surface area contributed by atoms with Gasteiger partial charge in [-0.1, -0.05) is 35.1 Å². The number of carbonyl (C=O) groups excluding carboxylic acids is 4. The predicted molar refractivity (Wildman–Crippen MR) is 222 cm³/mol. The number of piperazine rings is 2. The lowest BCUT2D eigenvalue weighted by Crippen LogP contribution is -2.64. The quantitative estimate of drug-likeness (QED) is 0.178. The highest BCUT2D eigenvalue weighted by Crippen LogP contribution is 2.35. The number of nitrogens with one attached hydrogen (secondary N) is 3. The molecule has 7 heterocycles. The minimum absolute atomic E-state index is 0.195. The first-order valence-corrected chi connectivity index (χ1v) is 20.7. The Hall–Kier alpha value is -5.32. The van der Waals surface area contributed by atoms with E-state index in [9.17, 15) is 19.2 Å². The highest BCUT2D eigenvalue weighted by molar-refractivity contribution is 7.17. The van der Waals surface area contributed by atoms with Crippen molar-refractivity contribution in [2.45, 2.75) is 58.0 Å². The Bertz CT molecular complexity index is 2140. The van der Waals surface area contributed by atoms with Gasteiger partial charge in [0, 0.05) is 88.2 Å². The number of fused-ring (bicyclic) bond motifs is 3. The van der Waals surface area contributed by atoms with Crippen LogP contribution in [-0.4, -0.2) is 113 Å². The summed E-state index contributed by atoms with van der Waals surface area (Å²) in [6.45, 7) is 9.91. The van der Waals surface area contributed by atoms with Gasteiger partial charge < -0.3 is 25.3 Å². The van der Waals surface area contributed by atoms with Crippen LogP contribution in [0.1, 0.15) is 53.2 Å². The van der Waals surface area contributed by atoms with Gasteiger partial charge in [-0.2, -0.15) is 0 Å². The van der Waals surface area contributed by atoms with Crippen LogP contribution in [0.5, 0.6) is 0 Å². The number of anilines is 6. The van der Waals surface area contributed by atoms with E-state index in [1.807, 2.05) is 56.3 Å². The van der Waals surface area contributed by atoms with Crippen molar-refractivity contribution in [3.63, 3.8) is 0 Å². The van der Waals surface area contributed by atoms with Crippen molar-refractivity contribution in [3.8, 4) is 0 Å². The number of aromatic nitrogens is 3. The van der Waals surface area contributed by atoms with E-state index in [1.54, 1.807) is 11.0 Å². The number of benzene rings is 2. The van der Waals surface area contributed by atoms with Gasteiger partial charge >= 0.3 is 6.03 Å². The second-order valence-electron chi connectivity index (χ2n) is 15.0. The molecule has 5 saturated heterocycles. The molecule has 298 valence electrons. The van der Waals surface area contributed by atoms with Crippen LogP contribution in [0.4, 0.5) is 38.6 Å². The summed E-state index contributed by atoms with van der Waals surface area (Å²) in [5.41, 5.74) is 3.33. The first kappa shape index (κ1) is 38.5. The largest absolute Gasteiger partial charge is 0.365 e. The van der Waals surface area contributed by atoms with Crippen LogP contribution in [0.25, 0.3) is 0 Å². The number of rotatable bonds is 11. The molecular formula is C40H46ClN11O4S. The molecule has 3 N–H and O–H groups in total. The highest BCUT2D eigenvalue weighted by Gasteiger charge is 2.41. The zero-order valence-electron chi connectivity index (χ0n) is 32.0. The number of imide groups is 1. The molecule has 0 radical (unpaired) electrons. The lowest BCUT2D eigenvalue weighted by Gasteiger charge is -2.52. The maximum Gasteiger partial charge on any atom is 0.328 e. The maximum atomic E-state index is 13.5. The SMILES string of the molecule is Cc1nc(Nc2ncc(C(=O)Nc3c(C)cccc3Cl)s2)cc(N2CCN(CCCC(=O)N3CC4CCC3CN4c3ccc(N4CCC(=O)NC4=O)cc3)CC2)n1. The average Bonchev–Trinajstić information content (AvgIpc) is 3.68. The summed E-state index contributed by atoms with van der Waals surface area (Å²) in [5, 5.41) is 9.55. The number of urea groups is 1. The van der Waals surface area contributed by atoms with E-state index in [1.165, 1.54) is 17.5 Å². The van der Waals surface area contributed by atoms with Gasteiger partial charge in [-0.05, 0) is 75.5 Å². The molecule has 15 nitrogen and oxygen atoms in total. The van der Waals surface area contributed by atoms with E-state index < -0.39 is 0 Å². The first-order chi connectivity index (χ1) is 27.6. The first-order valence-electron chi connectivity index (χ1n) is 19.5. The van der Waals surface area contributed by atoms with Crippen LogP contribution >= 0.6 is 22.9 Å². The van der Waals surface area contributed by atoms with Crippen molar-refractivity contribution in [1.29, 1.82) is 0 Å². The zero-order valence-corrected chi connectivity index (χ0v) is 33.6. The number of carbonyl (C=O) groups is 4. The molecule has 2 unspecified atom stereocenters. The molecule has 2 aromatic carbocycles. The van der Waals surface area contributed by atoms with Crippen molar-refractivity contribution in [2.24, 2.45) is 0 Å². The Balaban J connectivity index is 0.781. The summed E-state index contributed by atoms with van der Waals surface area (Å²) in [6.07, 6.45) is 5.26. The summed E-state index contributed by atoms with van der Waals surface area (Å²) in [6, 6.07) is 15.4. The average molecular weight is 812 g/mol. The third-order valence-corrected chi connectivity index (χ3v) is 12.4. The third kappa shape index (κ3) is 8.67. The molecule has 9 rings (SSSR count). The Morgan fingerprint density at radius 2 is 1.72 bits per heavy atom. The molecule has 5 amide bonds.